The summed E-state index contributed by atoms with van der Waals surface area (Å²) in [4.78, 5) is 129. The molecule has 4 rings (SSSR count). The number of likely N-dealkylation sites (tertiary alicyclic amines) is 1. The topological polar surface area (TPSA) is 276 Å². The van der Waals surface area contributed by atoms with E-state index in [1.807, 2.05) is 0 Å². The number of carbonyl (C=O) groups is 9. The number of benzene rings is 1. The highest BCUT2D eigenvalue weighted by atomic mass is 16.6. The van der Waals surface area contributed by atoms with Crippen molar-refractivity contribution in [3.63, 3.8) is 0 Å². The van der Waals surface area contributed by atoms with E-state index in [1.54, 1.807) is 38.1 Å². The summed E-state index contributed by atoms with van der Waals surface area (Å²) in [6.45, 7) is 9.46. The van der Waals surface area contributed by atoms with E-state index in [0.29, 0.717) is 43.0 Å². The lowest BCUT2D eigenvalue weighted by Gasteiger charge is -2.25. The standard InChI is InChI=1S/C45H65N9O11/c1-25(2)31-22-29-23-32(31)37-36(29)42(60)54(43(37)61)20-10-8-9-13-34(55)50-38(26(3)4)41(59)49-33(12-11-19-47-44(46)62)40(58)48-30-16-14-28(15-17-30)24-65-45(63)52(6)21-18-35(56)53(7)27(5)39(57)51-64/h14-17,22,25-27,29,32-33,36-38H,8-13,18-21,23-24H2,1-7H3,(H,48,58)(H,49,59)(H,50,55)(H3,46,47,62)/t27-,29?,32?,33-,36?,37?,38-/m0/s1. The molecule has 3 aliphatic rings. The Balaban J connectivity index is 1.23. The number of imide groups is 1. The number of fused-ring (bicyclic) bond motifs is 5. The SMILES string of the molecule is CC(C)C1=CC2CC1C1C(=O)N(CCCCCC(=O)N[C@H](C(=O)N[C@@H](CCCNC(N)=O)C(=O)Nc3ccc(COC(=O)N(C)CCC(=O)N(C)[C@@H](C)C(=O)N=O)cc3)C(C)C)C(=O)C21. The van der Waals surface area contributed by atoms with Crippen molar-refractivity contribution in [1.82, 2.24) is 30.7 Å². The van der Waals surface area contributed by atoms with Crippen molar-refractivity contribution in [2.75, 3.05) is 39.0 Å². The lowest BCUT2D eigenvalue weighted by molar-refractivity contribution is -0.141. The fourth-order valence-electron chi connectivity index (χ4n) is 8.68. The quantitative estimate of drug-likeness (QED) is 0.0435. The molecule has 1 saturated heterocycles. The number of amides is 10. The first-order valence-corrected chi connectivity index (χ1v) is 22.4. The second kappa shape index (κ2) is 23.6. The third-order valence-corrected chi connectivity index (χ3v) is 12.5. The van der Waals surface area contributed by atoms with Gasteiger partial charge >= 0.3 is 18.0 Å². The van der Waals surface area contributed by atoms with Crippen LogP contribution < -0.4 is 27.0 Å². The zero-order chi connectivity index (χ0) is 48.1. The van der Waals surface area contributed by atoms with E-state index in [2.05, 4.69) is 46.4 Å². The molecule has 356 valence electrons. The van der Waals surface area contributed by atoms with Gasteiger partial charge < -0.3 is 41.5 Å². The molecule has 1 aliphatic heterocycles. The van der Waals surface area contributed by atoms with E-state index in [0.717, 1.165) is 11.3 Å². The molecule has 65 heavy (non-hydrogen) atoms. The van der Waals surface area contributed by atoms with Crippen LogP contribution in [0.1, 0.15) is 91.5 Å². The molecule has 1 saturated carbocycles. The van der Waals surface area contributed by atoms with Gasteiger partial charge in [-0.2, -0.15) is 0 Å². The third kappa shape index (κ3) is 13.7. The van der Waals surface area contributed by atoms with Gasteiger partial charge in [-0.15, -0.1) is 4.91 Å². The highest BCUT2D eigenvalue weighted by molar-refractivity contribution is 6.06. The minimum atomic E-state index is -1.07. The van der Waals surface area contributed by atoms with Crippen LogP contribution in [0.3, 0.4) is 0 Å². The molecule has 10 amide bonds. The van der Waals surface area contributed by atoms with Gasteiger partial charge in [0.2, 0.25) is 35.4 Å². The van der Waals surface area contributed by atoms with Crippen LogP contribution in [-0.2, 0) is 44.9 Å². The first-order valence-electron chi connectivity index (χ1n) is 22.4. The Bertz CT molecular complexity index is 1990. The molecule has 2 bridgehead atoms. The molecule has 7 atom stereocenters. The fraction of sp³-hybridized carbons (Fsp3) is 0.622. The van der Waals surface area contributed by atoms with Crippen molar-refractivity contribution in [3.8, 4) is 0 Å². The molecule has 1 aromatic carbocycles. The Labute approximate surface area is 379 Å². The molecule has 1 aromatic rings. The maximum absolute atomic E-state index is 13.6. The molecule has 6 N–H and O–H groups in total. The maximum Gasteiger partial charge on any atom is 0.409 e. The predicted molar refractivity (Wildman–Crippen MR) is 238 cm³/mol. The Morgan fingerprint density at radius 1 is 0.877 bits per heavy atom. The summed E-state index contributed by atoms with van der Waals surface area (Å²) in [6.07, 6.45) is 4.42. The number of nitrogens with zero attached hydrogens (tertiary/aromatic N) is 4. The zero-order valence-electron chi connectivity index (χ0n) is 38.4. The van der Waals surface area contributed by atoms with Gasteiger partial charge in [-0.25, -0.2) is 9.59 Å². The summed E-state index contributed by atoms with van der Waals surface area (Å²) in [7, 11) is 2.79. The summed E-state index contributed by atoms with van der Waals surface area (Å²) >= 11 is 0. The van der Waals surface area contributed by atoms with Crippen molar-refractivity contribution in [2.45, 2.75) is 111 Å². The van der Waals surface area contributed by atoms with Gasteiger partial charge in [0.25, 0.3) is 0 Å². The Kier molecular flexibility index (Phi) is 18.7. The summed E-state index contributed by atoms with van der Waals surface area (Å²) in [5.41, 5.74) is 7.43. The van der Waals surface area contributed by atoms with Gasteiger partial charge in [0, 0.05) is 57.4 Å². The van der Waals surface area contributed by atoms with Crippen LogP contribution in [0, 0.1) is 40.4 Å². The highest BCUT2D eigenvalue weighted by Crippen LogP contribution is 2.57. The molecular weight excluding hydrogens is 843 g/mol. The van der Waals surface area contributed by atoms with Crippen molar-refractivity contribution in [3.05, 3.63) is 46.4 Å². The van der Waals surface area contributed by atoms with E-state index >= 15 is 0 Å². The van der Waals surface area contributed by atoms with E-state index in [9.17, 15) is 48.1 Å². The van der Waals surface area contributed by atoms with Crippen molar-refractivity contribution < 1.29 is 47.9 Å². The molecule has 20 heteroatoms. The number of unbranched alkanes of at least 4 members (excludes halogenated alkanes) is 2. The second-order valence-electron chi connectivity index (χ2n) is 17.8. The lowest BCUT2D eigenvalue weighted by atomic mass is 9.78. The smallest absolute Gasteiger partial charge is 0.409 e. The number of urea groups is 1. The van der Waals surface area contributed by atoms with E-state index in [1.165, 1.54) is 36.4 Å². The third-order valence-electron chi connectivity index (χ3n) is 12.5. The normalized spacial score (nSPS) is 19.8. The number of allylic oxidation sites excluding steroid dienone is 2. The molecule has 4 unspecified atom stereocenters. The summed E-state index contributed by atoms with van der Waals surface area (Å²) in [6, 6.07) is 2.59. The monoisotopic (exact) mass is 907 g/mol. The van der Waals surface area contributed by atoms with Crippen molar-refractivity contribution in [2.24, 2.45) is 46.4 Å². The van der Waals surface area contributed by atoms with Crippen LogP contribution >= 0.6 is 0 Å². The van der Waals surface area contributed by atoms with E-state index < -0.39 is 53.9 Å². The van der Waals surface area contributed by atoms with E-state index in [4.69, 9.17) is 10.5 Å². The first kappa shape index (κ1) is 51.4. The lowest BCUT2D eigenvalue weighted by Crippen LogP contribution is -2.54. The molecule has 0 spiro atoms. The Hall–Kier alpha value is -6.21. The maximum atomic E-state index is 13.6. The number of hydrogen-bond donors (Lipinski definition) is 5. The number of nitrogens with two attached hydrogens (primary N) is 1. The number of likely N-dealkylation sites (N-methyl/N-ethyl adjacent to an activating group) is 1. The number of hydrogen-bond acceptors (Lipinski definition) is 11. The number of primary amides is 1. The van der Waals surface area contributed by atoms with E-state index in [-0.39, 0.29) is 92.7 Å². The molecule has 2 aliphatic carbocycles. The molecule has 1 heterocycles. The van der Waals surface area contributed by atoms with Gasteiger partial charge in [0.05, 0.1) is 11.8 Å². The van der Waals surface area contributed by atoms with Gasteiger partial charge in [0.15, 0.2) is 0 Å². The van der Waals surface area contributed by atoms with Crippen LogP contribution in [0.4, 0.5) is 15.3 Å². The Morgan fingerprint density at radius 2 is 1.55 bits per heavy atom. The average Bonchev–Trinajstić information content (AvgIpc) is 3.94. The van der Waals surface area contributed by atoms with Gasteiger partial charge in [-0.3, -0.25) is 38.5 Å². The predicted octanol–water partition coefficient (Wildman–Crippen LogP) is 3.19. The number of nitrogens with one attached hydrogen (secondary N) is 4. The first-order chi connectivity index (χ1) is 30.7. The fourth-order valence-corrected chi connectivity index (χ4v) is 8.68. The van der Waals surface area contributed by atoms with Crippen LogP contribution in [0.2, 0.25) is 0 Å². The van der Waals surface area contributed by atoms with Crippen LogP contribution in [0.25, 0.3) is 0 Å². The minimum absolute atomic E-state index is 0.0170. The van der Waals surface area contributed by atoms with Gasteiger partial charge in [0.1, 0.15) is 24.7 Å². The molecule has 2 fully saturated rings. The number of anilines is 1. The zero-order valence-corrected chi connectivity index (χ0v) is 38.4. The largest absolute Gasteiger partial charge is 0.445 e. The molecule has 20 nitrogen and oxygen atoms in total. The van der Waals surface area contributed by atoms with Gasteiger partial charge in [-0.05, 0) is 80.4 Å². The number of rotatable bonds is 24. The second-order valence-corrected chi connectivity index (χ2v) is 17.8. The number of carbonyl (C=O) groups excluding carboxylic acids is 9. The van der Waals surface area contributed by atoms with Crippen molar-refractivity contribution >= 4 is 59.2 Å². The molecule has 0 radical (unpaired) electrons. The summed E-state index contributed by atoms with van der Waals surface area (Å²) in [5, 5.41) is 13.1. The Morgan fingerprint density at radius 3 is 2.18 bits per heavy atom. The van der Waals surface area contributed by atoms with Crippen molar-refractivity contribution in [1.29, 1.82) is 0 Å². The average molecular weight is 908 g/mol. The number of nitroso groups, excluding NO2 is 1. The molecule has 0 aromatic heterocycles. The van der Waals surface area contributed by atoms with Crippen LogP contribution in [0.5, 0.6) is 0 Å². The number of ether oxygens (including phenoxy) is 1. The van der Waals surface area contributed by atoms with Crippen LogP contribution in [0.15, 0.2) is 41.1 Å². The summed E-state index contributed by atoms with van der Waals surface area (Å²) < 4.78 is 5.34. The highest BCUT2D eigenvalue weighted by Gasteiger charge is 2.61. The van der Waals surface area contributed by atoms with Crippen LogP contribution in [-0.4, -0.2) is 120 Å². The molecular formula is C45H65N9O11. The van der Waals surface area contributed by atoms with Gasteiger partial charge in [-0.1, -0.05) is 57.9 Å². The minimum Gasteiger partial charge on any atom is -0.445 e. The summed E-state index contributed by atoms with van der Waals surface area (Å²) in [5.74, 6) is -3.32.